The average Bonchev–Trinajstić information content (AvgIpc) is 2.66. The van der Waals surface area contributed by atoms with E-state index in [-0.39, 0.29) is 11.8 Å². The highest BCUT2D eigenvalue weighted by atomic mass is 35.5. The molecule has 0 fully saturated rings. The van der Waals surface area contributed by atoms with Gasteiger partial charge in [-0.3, -0.25) is 14.6 Å². The number of carbonyl (C=O) groups excluding carboxylic acids is 2. The highest BCUT2D eigenvalue weighted by Gasteiger charge is 2.08. The molecule has 0 saturated carbocycles. The molecule has 132 valence electrons. The lowest BCUT2D eigenvalue weighted by molar-refractivity contribution is -0.116. The zero-order valence-electron chi connectivity index (χ0n) is 14.0. The summed E-state index contributed by atoms with van der Waals surface area (Å²) in [6.07, 6.45) is 2.55. The fraction of sp³-hybridized carbons (Fsp3) is 0.150. The predicted molar refractivity (Wildman–Crippen MR) is 103 cm³/mol. The van der Waals surface area contributed by atoms with E-state index in [0.29, 0.717) is 35.7 Å². The van der Waals surface area contributed by atoms with Crippen LogP contribution in [0.15, 0.2) is 60.8 Å². The summed E-state index contributed by atoms with van der Waals surface area (Å²) in [6.45, 7) is 0.419. The molecule has 1 aromatic heterocycles. The van der Waals surface area contributed by atoms with Gasteiger partial charge in [0, 0.05) is 35.1 Å². The maximum Gasteiger partial charge on any atom is 0.251 e. The fourth-order valence-corrected chi connectivity index (χ4v) is 2.70. The monoisotopic (exact) mass is 367 g/mol. The van der Waals surface area contributed by atoms with E-state index in [4.69, 9.17) is 11.6 Å². The molecule has 2 N–H and O–H groups in total. The first-order chi connectivity index (χ1) is 12.6. The second-order valence-corrected chi connectivity index (χ2v) is 6.23. The van der Waals surface area contributed by atoms with Crippen LogP contribution in [0.3, 0.4) is 0 Å². The summed E-state index contributed by atoms with van der Waals surface area (Å²) in [5.41, 5.74) is 2.00. The quantitative estimate of drug-likeness (QED) is 0.646. The van der Waals surface area contributed by atoms with E-state index in [2.05, 4.69) is 15.6 Å². The van der Waals surface area contributed by atoms with Gasteiger partial charge in [0.15, 0.2) is 0 Å². The van der Waals surface area contributed by atoms with Crippen LogP contribution >= 0.6 is 11.6 Å². The first-order valence-corrected chi connectivity index (χ1v) is 8.68. The molecule has 6 heteroatoms. The predicted octanol–water partition coefficient (Wildman–Crippen LogP) is 4.04. The summed E-state index contributed by atoms with van der Waals surface area (Å²) in [7, 11) is 0. The number of nitrogens with zero attached hydrogens (tertiary/aromatic N) is 1. The molecule has 0 aliphatic carbocycles. The molecule has 2 amide bonds. The largest absolute Gasteiger partial charge is 0.352 e. The third-order valence-corrected chi connectivity index (χ3v) is 4.13. The second-order valence-electron chi connectivity index (χ2n) is 5.80. The van der Waals surface area contributed by atoms with Gasteiger partial charge in [0.25, 0.3) is 5.91 Å². The minimum atomic E-state index is -0.180. The summed E-state index contributed by atoms with van der Waals surface area (Å²) in [4.78, 5) is 28.4. The van der Waals surface area contributed by atoms with Crippen molar-refractivity contribution in [2.75, 3.05) is 11.9 Å². The molecule has 1 heterocycles. The molecule has 0 bridgehead atoms. The number of carbonyl (C=O) groups is 2. The lowest BCUT2D eigenvalue weighted by atomic mass is 10.2. The molecule has 0 unspecified atom stereocenters. The van der Waals surface area contributed by atoms with Crippen molar-refractivity contribution in [3.8, 4) is 0 Å². The number of pyridine rings is 1. The van der Waals surface area contributed by atoms with Crippen LogP contribution in [0.1, 0.15) is 23.2 Å². The van der Waals surface area contributed by atoms with Crippen molar-refractivity contribution >= 4 is 40.0 Å². The number of nitrogens with one attached hydrogen (secondary N) is 2. The summed E-state index contributed by atoms with van der Waals surface area (Å²) in [5, 5.41) is 7.23. The Bertz CT molecular complexity index is 920. The highest BCUT2D eigenvalue weighted by Crippen LogP contribution is 2.20. The Balaban J connectivity index is 1.47. The van der Waals surface area contributed by atoms with Gasteiger partial charge in [-0.15, -0.1) is 0 Å². The first kappa shape index (κ1) is 17.9. The second kappa shape index (κ2) is 8.45. The van der Waals surface area contributed by atoms with Crippen LogP contribution in [0, 0.1) is 0 Å². The Morgan fingerprint density at radius 2 is 1.77 bits per heavy atom. The Morgan fingerprint density at radius 3 is 2.58 bits per heavy atom. The number of benzene rings is 2. The summed E-state index contributed by atoms with van der Waals surface area (Å²) in [5.74, 6) is -0.288. The molecule has 2 aromatic carbocycles. The number of fused-ring (bicyclic) bond motifs is 1. The molecule has 0 saturated heterocycles. The van der Waals surface area contributed by atoms with Crippen LogP contribution in [0.25, 0.3) is 10.9 Å². The van der Waals surface area contributed by atoms with E-state index < -0.39 is 0 Å². The van der Waals surface area contributed by atoms with Crippen LogP contribution in [0.5, 0.6) is 0 Å². The summed E-state index contributed by atoms with van der Waals surface area (Å²) in [6, 6.07) is 16.1. The molecular weight excluding hydrogens is 350 g/mol. The first-order valence-electron chi connectivity index (χ1n) is 8.31. The van der Waals surface area contributed by atoms with Crippen LogP contribution in [-0.4, -0.2) is 23.3 Å². The molecule has 26 heavy (non-hydrogen) atoms. The molecule has 5 nitrogen and oxygen atoms in total. The lowest BCUT2D eigenvalue weighted by Gasteiger charge is -2.08. The van der Waals surface area contributed by atoms with Gasteiger partial charge < -0.3 is 10.6 Å². The third-order valence-electron chi connectivity index (χ3n) is 3.88. The van der Waals surface area contributed by atoms with Gasteiger partial charge in [0.05, 0.1) is 11.2 Å². The third kappa shape index (κ3) is 4.58. The van der Waals surface area contributed by atoms with Crippen molar-refractivity contribution in [3.05, 3.63) is 71.4 Å². The normalized spacial score (nSPS) is 10.5. The average molecular weight is 368 g/mol. The van der Waals surface area contributed by atoms with Crippen molar-refractivity contribution in [2.45, 2.75) is 12.8 Å². The van der Waals surface area contributed by atoms with Crippen LogP contribution < -0.4 is 10.6 Å². The molecule has 0 atom stereocenters. The zero-order valence-corrected chi connectivity index (χ0v) is 14.8. The number of amides is 2. The lowest BCUT2D eigenvalue weighted by Crippen LogP contribution is -2.25. The molecule has 3 aromatic rings. The smallest absolute Gasteiger partial charge is 0.251 e. The fourth-order valence-electron chi connectivity index (χ4n) is 2.57. The maximum atomic E-state index is 12.1. The van der Waals surface area contributed by atoms with Crippen molar-refractivity contribution in [2.24, 2.45) is 0 Å². The number of rotatable bonds is 6. The van der Waals surface area contributed by atoms with Gasteiger partial charge in [-0.05, 0) is 42.8 Å². The Hall–Kier alpha value is -2.92. The number of para-hydroxylation sites is 1. The Morgan fingerprint density at radius 1 is 1.00 bits per heavy atom. The van der Waals surface area contributed by atoms with Gasteiger partial charge in [-0.1, -0.05) is 29.8 Å². The molecule has 3 rings (SSSR count). The summed E-state index contributed by atoms with van der Waals surface area (Å²) < 4.78 is 0. The standard InChI is InChI=1S/C20H18ClN3O2/c21-16-10-8-15(9-11-16)20(26)23-13-3-7-18(25)24-17-6-1-4-14-5-2-12-22-19(14)17/h1-2,4-6,8-12H,3,7,13H2,(H,23,26)(H,24,25). The molecular formula is C20H18ClN3O2. The molecule has 0 radical (unpaired) electrons. The SMILES string of the molecule is O=C(CCCNC(=O)c1ccc(Cl)cc1)Nc1cccc2cccnc12. The Labute approximate surface area is 156 Å². The number of hydrogen-bond donors (Lipinski definition) is 2. The maximum absolute atomic E-state index is 12.1. The van der Waals surface area contributed by atoms with Crippen LogP contribution in [0.4, 0.5) is 5.69 Å². The molecule has 0 aliphatic heterocycles. The Kier molecular flexibility index (Phi) is 5.81. The zero-order chi connectivity index (χ0) is 18.4. The van der Waals surface area contributed by atoms with Crippen molar-refractivity contribution in [1.82, 2.24) is 10.3 Å². The van der Waals surface area contributed by atoms with Crippen molar-refractivity contribution < 1.29 is 9.59 Å². The number of hydrogen-bond acceptors (Lipinski definition) is 3. The van der Waals surface area contributed by atoms with Crippen LogP contribution in [-0.2, 0) is 4.79 Å². The van der Waals surface area contributed by atoms with Crippen LogP contribution in [0.2, 0.25) is 5.02 Å². The van der Waals surface area contributed by atoms with E-state index >= 15 is 0 Å². The van der Waals surface area contributed by atoms with E-state index in [1.807, 2.05) is 30.3 Å². The van der Waals surface area contributed by atoms with Gasteiger partial charge in [-0.25, -0.2) is 0 Å². The molecule has 0 aliphatic rings. The molecule has 0 spiro atoms. The summed E-state index contributed by atoms with van der Waals surface area (Å²) >= 11 is 5.80. The van der Waals surface area contributed by atoms with E-state index in [1.165, 1.54) is 0 Å². The van der Waals surface area contributed by atoms with Gasteiger partial charge >= 0.3 is 0 Å². The van der Waals surface area contributed by atoms with E-state index in [1.54, 1.807) is 30.5 Å². The topological polar surface area (TPSA) is 71.1 Å². The van der Waals surface area contributed by atoms with E-state index in [0.717, 1.165) is 10.9 Å². The number of anilines is 1. The van der Waals surface area contributed by atoms with Crippen molar-refractivity contribution in [1.29, 1.82) is 0 Å². The minimum Gasteiger partial charge on any atom is -0.352 e. The van der Waals surface area contributed by atoms with Gasteiger partial charge in [0.2, 0.25) is 5.91 Å². The number of halogens is 1. The minimum absolute atomic E-state index is 0.108. The number of aromatic nitrogens is 1. The van der Waals surface area contributed by atoms with Gasteiger partial charge in [-0.2, -0.15) is 0 Å². The van der Waals surface area contributed by atoms with E-state index in [9.17, 15) is 9.59 Å². The van der Waals surface area contributed by atoms with Gasteiger partial charge in [0.1, 0.15) is 0 Å². The van der Waals surface area contributed by atoms with Crippen molar-refractivity contribution in [3.63, 3.8) is 0 Å². The highest BCUT2D eigenvalue weighted by molar-refractivity contribution is 6.30.